The molecule has 0 amide bonds. The minimum Gasteiger partial charge on any atom is -0.313 e. The molecule has 0 heterocycles. The van der Waals surface area contributed by atoms with Gasteiger partial charge in [-0.25, -0.2) is 0 Å². The van der Waals surface area contributed by atoms with Gasteiger partial charge in [0.15, 0.2) is 0 Å². The summed E-state index contributed by atoms with van der Waals surface area (Å²) in [6, 6.07) is 0.791. The Balaban J connectivity index is 1.75. The summed E-state index contributed by atoms with van der Waals surface area (Å²) in [6.45, 7) is 8.49. The van der Waals surface area contributed by atoms with Crippen LogP contribution in [-0.2, 0) is 0 Å². The van der Waals surface area contributed by atoms with E-state index in [2.05, 4.69) is 44.1 Å². The molecule has 2 heteroatoms. The van der Waals surface area contributed by atoms with Crippen LogP contribution in [-0.4, -0.2) is 23.6 Å². The van der Waals surface area contributed by atoms with E-state index in [1.165, 1.54) is 64.3 Å². The fourth-order valence-corrected chi connectivity index (χ4v) is 5.07. The van der Waals surface area contributed by atoms with E-state index in [4.69, 9.17) is 0 Å². The molecule has 20 heavy (non-hydrogen) atoms. The number of hydrogen-bond acceptors (Lipinski definition) is 2. The van der Waals surface area contributed by atoms with E-state index in [0.717, 1.165) is 12.0 Å². The van der Waals surface area contributed by atoms with Gasteiger partial charge in [0.05, 0.1) is 0 Å². The SMILES string of the molecule is CSC1(CNC2CCC(C(C)(C)C)CC2)CCCCC1. The highest BCUT2D eigenvalue weighted by molar-refractivity contribution is 8.00. The smallest absolute Gasteiger partial charge is 0.0281 e. The average molecular weight is 298 g/mol. The quantitative estimate of drug-likeness (QED) is 0.761. The van der Waals surface area contributed by atoms with Gasteiger partial charge in [0.1, 0.15) is 0 Å². The van der Waals surface area contributed by atoms with Gasteiger partial charge in [-0.05, 0) is 56.1 Å². The second-order valence-electron chi connectivity index (χ2n) is 8.24. The summed E-state index contributed by atoms with van der Waals surface area (Å²) in [5, 5.41) is 3.93. The third kappa shape index (κ3) is 4.40. The Morgan fingerprint density at radius 1 is 1.00 bits per heavy atom. The van der Waals surface area contributed by atoms with E-state index in [0.29, 0.717) is 10.2 Å². The average Bonchev–Trinajstić information content (AvgIpc) is 2.46. The third-order valence-corrected chi connectivity index (χ3v) is 7.28. The van der Waals surface area contributed by atoms with E-state index in [-0.39, 0.29) is 0 Å². The van der Waals surface area contributed by atoms with Crippen molar-refractivity contribution in [2.45, 2.75) is 89.3 Å². The Kier molecular flexibility index (Phi) is 5.88. The highest BCUT2D eigenvalue weighted by Crippen LogP contribution is 2.40. The van der Waals surface area contributed by atoms with Crippen LogP contribution in [0.25, 0.3) is 0 Å². The molecule has 0 radical (unpaired) electrons. The van der Waals surface area contributed by atoms with E-state index in [9.17, 15) is 0 Å². The van der Waals surface area contributed by atoms with Gasteiger partial charge in [0.2, 0.25) is 0 Å². The third-order valence-electron chi connectivity index (χ3n) is 5.86. The molecule has 0 saturated heterocycles. The minimum atomic E-state index is 0.509. The molecular formula is C18H35NS. The van der Waals surface area contributed by atoms with Crippen molar-refractivity contribution in [1.82, 2.24) is 5.32 Å². The first-order valence-corrected chi connectivity index (χ1v) is 9.96. The molecule has 0 aliphatic heterocycles. The first kappa shape index (κ1) is 16.7. The van der Waals surface area contributed by atoms with Crippen LogP contribution in [0.2, 0.25) is 0 Å². The molecule has 0 spiro atoms. The molecule has 2 rings (SSSR count). The summed E-state index contributed by atoms with van der Waals surface area (Å²) in [6.07, 6.45) is 15.2. The van der Waals surface area contributed by atoms with Gasteiger partial charge < -0.3 is 5.32 Å². The number of rotatable bonds is 4. The molecule has 0 atom stereocenters. The van der Waals surface area contributed by atoms with Gasteiger partial charge in [0, 0.05) is 17.3 Å². The molecule has 2 aliphatic carbocycles. The minimum absolute atomic E-state index is 0.509. The van der Waals surface area contributed by atoms with Crippen LogP contribution < -0.4 is 5.32 Å². The van der Waals surface area contributed by atoms with Crippen molar-refractivity contribution in [2.24, 2.45) is 11.3 Å². The van der Waals surface area contributed by atoms with E-state index < -0.39 is 0 Å². The summed E-state index contributed by atoms with van der Waals surface area (Å²) in [4.78, 5) is 0. The van der Waals surface area contributed by atoms with Crippen molar-refractivity contribution < 1.29 is 0 Å². The lowest BCUT2D eigenvalue weighted by Gasteiger charge is -2.40. The number of nitrogens with one attached hydrogen (secondary N) is 1. The Bertz CT molecular complexity index is 280. The van der Waals surface area contributed by atoms with Gasteiger partial charge in [-0.2, -0.15) is 11.8 Å². The maximum Gasteiger partial charge on any atom is 0.0281 e. The lowest BCUT2D eigenvalue weighted by molar-refractivity contribution is 0.158. The molecule has 2 saturated carbocycles. The first-order valence-electron chi connectivity index (χ1n) is 8.74. The second-order valence-corrected chi connectivity index (χ2v) is 9.52. The van der Waals surface area contributed by atoms with Crippen molar-refractivity contribution in [1.29, 1.82) is 0 Å². The zero-order valence-electron chi connectivity index (χ0n) is 14.1. The lowest BCUT2D eigenvalue weighted by atomic mass is 9.71. The van der Waals surface area contributed by atoms with E-state index in [1.807, 2.05) is 0 Å². The fraction of sp³-hybridized carbons (Fsp3) is 1.00. The molecule has 0 bridgehead atoms. The van der Waals surface area contributed by atoms with Crippen molar-refractivity contribution in [3.63, 3.8) is 0 Å². The van der Waals surface area contributed by atoms with Crippen molar-refractivity contribution in [3.05, 3.63) is 0 Å². The summed E-state index contributed by atoms with van der Waals surface area (Å²) >= 11 is 2.12. The van der Waals surface area contributed by atoms with Crippen LogP contribution in [0.5, 0.6) is 0 Å². The highest BCUT2D eigenvalue weighted by Gasteiger charge is 2.33. The Hall–Kier alpha value is 0.310. The van der Waals surface area contributed by atoms with Crippen LogP contribution in [0.3, 0.4) is 0 Å². The maximum absolute atomic E-state index is 3.93. The summed E-state index contributed by atoms with van der Waals surface area (Å²) in [5.74, 6) is 0.935. The molecule has 1 nitrogen and oxygen atoms in total. The topological polar surface area (TPSA) is 12.0 Å². The summed E-state index contributed by atoms with van der Waals surface area (Å²) in [5.41, 5.74) is 0.509. The lowest BCUT2D eigenvalue weighted by Crippen LogP contribution is -2.45. The molecule has 0 aromatic rings. The largest absolute Gasteiger partial charge is 0.313 e. The molecule has 0 unspecified atom stereocenters. The molecule has 0 aromatic carbocycles. The van der Waals surface area contributed by atoms with Crippen molar-refractivity contribution in [2.75, 3.05) is 12.8 Å². The van der Waals surface area contributed by atoms with Crippen LogP contribution in [0.15, 0.2) is 0 Å². The fourth-order valence-electron chi connectivity index (χ4n) is 4.14. The number of hydrogen-bond donors (Lipinski definition) is 1. The van der Waals surface area contributed by atoms with Crippen LogP contribution in [0, 0.1) is 11.3 Å². The zero-order valence-corrected chi connectivity index (χ0v) is 15.0. The Morgan fingerprint density at radius 3 is 2.10 bits per heavy atom. The van der Waals surface area contributed by atoms with Crippen LogP contribution >= 0.6 is 11.8 Å². The monoisotopic (exact) mass is 297 g/mol. The van der Waals surface area contributed by atoms with Crippen LogP contribution in [0.4, 0.5) is 0 Å². The Morgan fingerprint density at radius 2 is 1.60 bits per heavy atom. The standard InChI is InChI=1S/C18H35NS/c1-17(2,3)15-8-10-16(11-9-15)19-14-18(20-4)12-6-5-7-13-18/h15-16,19H,5-14H2,1-4H3. The number of thioether (sulfide) groups is 1. The predicted octanol–water partition coefficient (Wildman–Crippen LogP) is 5.25. The molecular weight excluding hydrogens is 262 g/mol. The maximum atomic E-state index is 3.93. The summed E-state index contributed by atoms with van der Waals surface area (Å²) < 4.78 is 0.555. The molecule has 2 aliphatic rings. The van der Waals surface area contributed by atoms with E-state index in [1.54, 1.807) is 0 Å². The first-order chi connectivity index (χ1) is 9.45. The molecule has 1 N–H and O–H groups in total. The predicted molar refractivity (Wildman–Crippen MR) is 92.5 cm³/mol. The van der Waals surface area contributed by atoms with Crippen molar-refractivity contribution >= 4 is 11.8 Å². The van der Waals surface area contributed by atoms with Gasteiger partial charge in [-0.3, -0.25) is 0 Å². The van der Waals surface area contributed by atoms with Crippen molar-refractivity contribution in [3.8, 4) is 0 Å². The van der Waals surface area contributed by atoms with Gasteiger partial charge in [-0.1, -0.05) is 40.0 Å². The van der Waals surface area contributed by atoms with Gasteiger partial charge >= 0.3 is 0 Å². The van der Waals surface area contributed by atoms with E-state index >= 15 is 0 Å². The molecule has 2 fully saturated rings. The molecule has 0 aromatic heterocycles. The van der Waals surface area contributed by atoms with Gasteiger partial charge in [0.25, 0.3) is 0 Å². The highest BCUT2D eigenvalue weighted by atomic mass is 32.2. The van der Waals surface area contributed by atoms with Crippen LogP contribution in [0.1, 0.15) is 78.6 Å². The summed E-state index contributed by atoms with van der Waals surface area (Å²) in [7, 11) is 0. The molecule has 118 valence electrons. The van der Waals surface area contributed by atoms with Gasteiger partial charge in [-0.15, -0.1) is 0 Å². The Labute approximate surface area is 131 Å². The normalized spacial score (nSPS) is 31.2. The second kappa shape index (κ2) is 7.05. The zero-order chi connectivity index (χ0) is 14.6.